The van der Waals surface area contributed by atoms with Crippen molar-refractivity contribution in [3.8, 4) is 5.75 Å². The quantitative estimate of drug-likeness (QED) is 0.760. The molecule has 1 N–H and O–H groups in total. The molecule has 0 radical (unpaired) electrons. The molecule has 5 heteroatoms. The van der Waals surface area contributed by atoms with Crippen molar-refractivity contribution in [3.63, 3.8) is 0 Å². The van der Waals surface area contributed by atoms with Crippen LogP contribution in [-0.4, -0.2) is 39.0 Å². The first-order valence-electron chi connectivity index (χ1n) is 9.61. The van der Waals surface area contributed by atoms with E-state index in [0.29, 0.717) is 12.0 Å². The van der Waals surface area contributed by atoms with Crippen molar-refractivity contribution >= 4 is 10.9 Å². The topological polar surface area (TPSA) is 54.0 Å². The van der Waals surface area contributed by atoms with Gasteiger partial charge in [0.2, 0.25) is 0 Å². The highest BCUT2D eigenvalue weighted by Gasteiger charge is 2.26. The van der Waals surface area contributed by atoms with Crippen molar-refractivity contribution in [1.82, 2.24) is 19.9 Å². The molecule has 1 saturated heterocycles. The minimum Gasteiger partial charge on any atom is -0.490 e. The first kappa shape index (κ1) is 15.8. The molecule has 2 aliphatic rings. The van der Waals surface area contributed by atoms with Crippen LogP contribution in [0.4, 0.5) is 0 Å². The predicted molar refractivity (Wildman–Crippen MR) is 101 cm³/mol. The molecule has 26 heavy (non-hydrogen) atoms. The molecular formula is C21H24N4O. The average Bonchev–Trinajstić information content (AvgIpc) is 3.41. The number of aromatic amines is 1. The van der Waals surface area contributed by atoms with E-state index in [1.807, 2.05) is 18.6 Å². The third-order valence-electron chi connectivity index (χ3n) is 5.46. The van der Waals surface area contributed by atoms with Gasteiger partial charge in [0, 0.05) is 60.6 Å². The molecule has 0 spiro atoms. The van der Waals surface area contributed by atoms with Gasteiger partial charge in [0.05, 0.1) is 0 Å². The van der Waals surface area contributed by atoms with Gasteiger partial charge in [-0.3, -0.25) is 4.90 Å². The van der Waals surface area contributed by atoms with Gasteiger partial charge < -0.3 is 9.72 Å². The largest absolute Gasteiger partial charge is 0.490 e. The zero-order valence-corrected chi connectivity index (χ0v) is 14.9. The summed E-state index contributed by atoms with van der Waals surface area (Å²) in [5.74, 6) is 2.65. The summed E-state index contributed by atoms with van der Waals surface area (Å²) in [7, 11) is 0. The van der Waals surface area contributed by atoms with Gasteiger partial charge in [-0.1, -0.05) is 6.07 Å². The van der Waals surface area contributed by atoms with Crippen molar-refractivity contribution in [2.24, 2.45) is 0 Å². The monoisotopic (exact) mass is 348 g/mol. The molecule has 0 amide bonds. The summed E-state index contributed by atoms with van der Waals surface area (Å²) >= 11 is 0. The van der Waals surface area contributed by atoms with Crippen molar-refractivity contribution in [2.75, 3.05) is 13.1 Å². The number of nitrogens with zero attached hydrogens (tertiary/aromatic N) is 3. The lowest BCUT2D eigenvalue weighted by atomic mass is 10.1. The van der Waals surface area contributed by atoms with Gasteiger partial charge in [0.1, 0.15) is 17.7 Å². The van der Waals surface area contributed by atoms with E-state index in [4.69, 9.17) is 4.74 Å². The first-order valence-corrected chi connectivity index (χ1v) is 9.61. The summed E-state index contributed by atoms with van der Waals surface area (Å²) in [6, 6.07) is 8.29. The molecule has 0 unspecified atom stereocenters. The number of nitrogens with one attached hydrogen (secondary N) is 1. The number of hydrogen-bond acceptors (Lipinski definition) is 4. The molecule has 3 aromatic rings. The van der Waals surface area contributed by atoms with E-state index in [2.05, 4.69) is 44.1 Å². The third kappa shape index (κ3) is 3.31. The third-order valence-corrected chi connectivity index (χ3v) is 5.46. The SMILES string of the molecule is c1cc(OC2CCN(Cc3cnc(C4CC4)nc3)CC2)c2cc[nH]c2c1. The molecule has 0 bridgehead atoms. The molecule has 2 fully saturated rings. The van der Waals surface area contributed by atoms with E-state index < -0.39 is 0 Å². The van der Waals surface area contributed by atoms with E-state index in [1.54, 1.807) is 0 Å². The molecule has 1 aliphatic carbocycles. The van der Waals surface area contributed by atoms with E-state index in [1.165, 1.54) is 23.8 Å². The number of piperidine rings is 1. The van der Waals surface area contributed by atoms with Gasteiger partial charge in [-0.2, -0.15) is 0 Å². The summed E-state index contributed by atoms with van der Waals surface area (Å²) in [6.07, 6.45) is 10.9. The molecule has 1 saturated carbocycles. The average molecular weight is 348 g/mol. The number of fused-ring (bicyclic) bond motifs is 1. The molecule has 5 nitrogen and oxygen atoms in total. The molecule has 2 aromatic heterocycles. The highest BCUT2D eigenvalue weighted by molar-refractivity contribution is 5.85. The van der Waals surface area contributed by atoms with Gasteiger partial charge in [0.25, 0.3) is 0 Å². The Morgan fingerprint density at radius 3 is 2.62 bits per heavy atom. The Kier molecular flexibility index (Phi) is 4.09. The molecule has 3 heterocycles. The van der Waals surface area contributed by atoms with Crippen LogP contribution in [0.15, 0.2) is 42.9 Å². The second-order valence-electron chi connectivity index (χ2n) is 7.51. The van der Waals surface area contributed by atoms with Crippen LogP contribution in [0.1, 0.15) is 43.0 Å². The zero-order valence-electron chi connectivity index (χ0n) is 14.9. The fourth-order valence-corrected chi connectivity index (χ4v) is 3.78. The summed E-state index contributed by atoms with van der Waals surface area (Å²) in [4.78, 5) is 14.8. The van der Waals surface area contributed by atoms with Crippen LogP contribution >= 0.6 is 0 Å². The lowest BCUT2D eigenvalue weighted by molar-refractivity contribution is 0.0978. The fourth-order valence-electron chi connectivity index (χ4n) is 3.78. The Morgan fingerprint density at radius 2 is 1.85 bits per heavy atom. The molecule has 5 rings (SSSR count). The van der Waals surface area contributed by atoms with E-state index in [-0.39, 0.29) is 0 Å². The maximum Gasteiger partial charge on any atom is 0.131 e. The maximum absolute atomic E-state index is 6.30. The van der Waals surface area contributed by atoms with Crippen molar-refractivity contribution in [3.05, 3.63) is 54.2 Å². The van der Waals surface area contributed by atoms with Crippen LogP contribution in [0.5, 0.6) is 5.75 Å². The van der Waals surface area contributed by atoms with Crippen molar-refractivity contribution in [2.45, 2.75) is 44.2 Å². The van der Waals surface area contributed by atoms with E-state index >= 15 is 0 Å². The normalized spacial score (nSPS) is 19.1. The first-order chi connectivity index (χ1) is 12.8. The summed E-state index contributed by atoms with van der Waals surface area (Å²) < 4.78 is 6.30. The van der Waals surface area contributed by atoms with Gasteiger partial charge in [-0.25, -0.2) is 9.97 Å². The summed E-state index contributed by atoms with van der Waals surface area (Å²) in [6.45, 7) is 3.04. The molecule has 134 valence electrons. The Morgan fingerprint density at radius 1 is 1.04 bits per heavy atom. The highest BCUT2D eigenvalue weighted by atomic mass is 16.5. The van der Waals surface area contributed by atoms with Crippen LogP contribution in [0.2, 0.25) is 0 Å². The molecule has 1 aromatic carbocycles. The number of hydrogen-bond donors (Lipinski definition) is 1. The Labute approximate surface area is 153 Å². The number of benzene rings is 1. The van der Waals surface area contributed by atoms with Crippen LogP contribution in [0.25, 0.3) is 10.9 Å². The molecule has 1 aliphatic heterocycles. The van der Waals surface area contributed by atoms with Crippen LogP contribution in [0, 0.1) is 0 Å². The predicted octanol–water partition coefficient (Wildman–Crippen LogP) is 3.88. The summed E-state index contributed by atoms with van der Waals surface area (Å²) in [5.41, 5.74) is 2.35. The Hall–Kier alpha value is -2.40. The highest BCUT2D eigenvalue weighted by Crippen LogP contribution is 2.37. The maximum atomic E-state index is 6.30. The van der Waals surface area contributed by atoms with Gasteiger partial charge in [0.15, 0.2) is 0 Å². The lowest BCUT2D eigenvalue weighted by Crippen LogP contribution is -2.37. The second-order valence-corrected chi connectivity index (χ2v) is 7.51. The van der Waals surface area contributed by atoms with Crippen molar-refractivity contribution < 1.29 is 4.74 Å². The standard InChI is InChI=1S/C21H24N4O/c1-2-19-18(6-9-22-19)20(3-1)26-17-7-10-25(11-8-17)14-15-12-23-21(24-13-15)16-4-5-16/h1-3,6,9,12-13,16-17,22H,4-5,7-8,10-11,14H2. The lowest BCUT2D eigenvalue weighted by Gasteiger charge is -2.32. The Balaban J connectivity index is 1.16. The van der Waals surface area contributed by atoms with E-state index in [9.17, 15) is 0 Å². The number of rotatable bonds is 5. The van der Waals surface area contributed by atoms with Crippen LogP contribution in [-0.2, 0) is 6.54 Å². The minimum atomic E-state index is 0.292. The number of likely N-dealkylation sites (tertiary alicyclic amines) is 1. The van der Waals surface area contributed by atoms with Gasteiger partial charge in [-0.15, -0.1) is 0 Å². The number of H-pyrrole nitrogens is 1. The van der Waals surface area contributed by atoms with Gasteiger partial charge in [-0.05, 0) is 43.9 Å². The van der Waals surface area contributed by atoms with Gasteiger partial charge >= 0.3 is 0 Å². The number of ether oxygens (including phenoxy) is 1. The van der Waals surface area contributed by atoms with E-state index in [0.717, 1.165) is 49.6 Å². The van der Waals surface area contributed by atoms with Crippen molar-refractivity contribution in [1.29, 1.82) is 0 Å². The number of aromatic nitrogens is 3. The van der Waals surface area contributed by atoms with Crippen LogP contribution < -0.4 is 4.74 Å². The van der Waals surface area contributed by atoms with Crippen LogP contribution in [0.3, 0.4) is 0 Å². The molecular weight excluding hydrogens is 324 g/mol. The molecule has 0 atom stereocenters. The minimum absolute atomic E-state index is 0.292. The fraction of sp³-hybridized carbons (Fsp3) is 0.429. The smallest absolute Gasteiger partial charge is 0.131 e. The second kappa shape index (κ2) is 6.72. The Bertz CT molecular complexity index is 876. The zero-order chi connectivity index (χ0) is 17.3. The summed E-state index contributed by atoms with van der Waals surface area (Å²) in [5, 5.41) is 1.17.